The van der Waals surface area contributed by atoms with Gasteiger partial charge in [-0.05, 0) is 6.42 Å². The smallest absolute Gasteiger partial charge is 0.348 e. The van der Waals surface area contributed by atoms with E-state index in [0.29, 0.717) is 6.42 Å². The first-order valence-corrected chi connectivity index (χ1v) is 5.61. The molecule has 0 spiro atoms. The minimum absolute atomic E-state index is 0.00738. The summed E-state index contributed by atoms with van der Waals surface area (Å²) in [5, 5.41) is 19.5. The van der Waals surface area contributed by atoms with Gasteiger partial charge in [0.25, 0.3) is 0 Å². The van der Waals surface area contributed by atoms with Gasteiger partial charge in [-0.1, -0.05) is 0 Å². The standard InChI is InChI=1S/C11H14O6/c12-7-2-1-6(5-7)11(16)8(13)3-4-9(14)17-10(11)15/h6,9,14,16H,1-5H2. The average Bonchev–Trinajstić information content (AvgIpc) is 2.67. The molecule has 1 aliphatic carbocycles. The van der Waals surface area contributed by atoms with E-state index in [1.165, 1.54) is 0 Å². The Morgan fingerprint density at radius 1 is 1.18 bits per heavy atom. The third kappa shape index (κ3) is 1.98. The molecule has 2 N–H and O–H groups in total. The van der Waals surface area contributed by atoms with Crippen LogP contribution in [0.25, 0.3) is 0 Å². The maximum Gasteiger partial charge on any atom is 0.348 e. The van der Waals surface area contributed by atoms with Crippen molar-refractivity contribution in [2.45, 2.75) is 44.0 Å². The topological polar surface area (TPSA) is 101 Å². The highest BCUT2D eigenvalue weighted by Gasteiger charge is 2.55. The highest BCUT2D eigenvalue weighted by molar-refractivity contribution is 6.08. The third-order valence-electron chi connectivity index (χ3n) is 3.43. The van der Waals surface area contributed by atoms with E-state index >= 15 is 0 Å². The molecule has 3 unspecified atom stereocenters. The fourth-order valence-electron chi connectivity index (χ4n) is 2.40. The number of carbonyl (C=O) groups excluding carboxylic acids is 3. The quantitative estimate of drug-likeness (QED) is 0.466. The molecule has 2 fully saturated rings. The predicted octanol–water partition coefficient (Wildman–Crippen LogP) is -0.689. The molecule has 94 valence electrons. The van der Waals surface area contributed by atoms with E-state index in [-0.39, 0.29) is 31.5 Å². The van der Waals surface area contributed by atoms with Crippen LogP contribution in [0, 0.1) is 5.92 Å². The van der Waals surface area contributed by atoms with Crippen LogP contribution in [-0.4, -0.2) is 39.6 Å². The van der Waals surface area contributed by atoms with E-state index in [0.717, 1.165) is 0 Å². The van der Waals surface area contributed by atoms with Gasteiger partial charge in [0.2, 0.25) is 11.9 Å². The molecule has 17 heavy (non-hydrogen) atoms. The first-order valence-electron chi connectivity index (χ1n) is 5.61. The van der Waals surface area contributed by atoms with E-state index in [2.05, 4.69) is 4.74 Å². The molecule has 1 heterocycles. The number of aliphatic hydroxyl groups excluding tert-OH is 1. The van der Waals surface area contributed by atoms with Crippen molar-refractivity contribution in [2.75, 3.05) is 0 Å². The summed E-state index contributed by atoms with van der Waals surface area (Å²) in [6.45, 7) is 0. The summed E-state index contributed by atoms with van der Waals surface area (Å²) in [5.41, 5.74) is -2.26. The second kappa shape index (κ2) is 4.19. The highest BCUT2D eigenvalue weighted by atomic mass is 16.6. The van der Waals surface area contributed by atoms with Crippen LogP contribution >= 0.6 is 0 Å². The van der Waals surface area contributed by atoms with Crippen molar-refractivity contribution in [2.24, 2.45) is 5.92 Å². The SMILES string of the molecule is O=C1CCC(C2(O)C(=O)CCC(O)OC2=O)C1. The van der Waals surface area contributed by atoms with Gasteiger partial charge >= 0.3 is 5.97 Å². The average molecular weight is 242 g/mol. The number of esters is 1. The number of cyclic esters (lactones) is 1. The molecule has 1 saturated heterocycles. The van der Waals surface area contributed by atoms with Crippen LogP contribution in [0.1, 0.15) is 32.1 Å². The molecule has 2 rings (SSSR count). The number of rotatable bonds is 1. The second-order valence-electron chi connectivity index (χ2n) is 4.57. The van der Waals surface area contributed by atoms with Crippen molar-refractivity contribution in [1.82, 2.24) is 0 Å². The number of carbonyl (C=O) groups is 3. The van der Waals surface area contributed by atoms with Crippen LogP contribution in [0.5, 0.6) is 0 Å². The van der Waals surface area contributed by atoms with Crippen molar-refractivity contribution in [3.05, 3.63) is 0 Å². The summed E-state index contributed by atoms with van der Waals surface area (Å²) >= 11 is 0. The lowest BCUT2D eigenvalue weighted by Crippen LogP contribution is -2.52. The summed E-state index contributed by atoms with van der Waals surface area (Å²) in [7, 11) is 0. The fraction of sp³-hybridized carbons (Fsp3) is 0.727. The largest absolute Gasteiger partial charge is 0.433 e. The second-order valence-corrected chi connectivity index (χ2v) is 4.57. The minimum atomic E-state index is -2.26. The van der Waals surface area contributed by atoms with Crippen molar-refractivity contribution in [3.8, 4) is 0 Å². The molecule has 0 bridgehead atoms. The van der Waals surface area contributed by atoms with Crippen LogP contribution in [0.2, 0.25) is 0 Å². The molecule has 2 aliphatic rings. The lowest BCUT2D eigenvalue weighted by atomic mass is 9.81. The minimum Gasteiger partial charge on any atom is -0.433 e. The first-order chi connectivity index (χ1) is 7.94. The number of ketones is 2. The molecule has 0 aromatic heterocycles. The summed E-state index contributed by atoms with van der Waals surface area (Å²) in [4.78, 5) is 34.7. The van der Waals surface area contributed by atoms with E-state index < -0.39 is 29.6 Å². The number of hydrogen-bond acceptors (Lipinski definition) is 6. The Bertz CT molecular complexity index is 376. The van der Waals surface area contributed by atoms with E-state index in [4.69, 9.17) is 0 Å². The van der Waals surface area contributed by atoms with Crippen LogP contribution in [-0.2, 0) is 19.1 Å². The zero-order valence-electron chi connectivity index (χ0n) is 9.22. The number of hydrogen-bond donors (Lipinski definition) is 2. The van der Waals surface area contributed by atoms with Crippen LogP contribution in [0.4, 0.5) is 0 Å². The van der Waals surface area contributed by atoms with E-state index in [1.807, 2.05) is 0 Å². The molecule has 1 saturated carbocycles. The lowest BCUT2D eigenvalue weighted by Gasteiger charge is -2.27. The Morgan fingerprint density at radius 2 is 1.88 bits per heavy atom. The monoisotopic (exact) mass is 242 g/mol. The molecular formula is C11H14O6. The molecule has 3 atom stereocenters. The zero-order chi connectivity index (χ0) is 12.6. The van der Waals surface area contributed by atoms with Gasteiger partial charge in [-0.3, -0.25) is 9.59 Å². The van der Waals surface area contributed by atoms with Crippen molar-refractivity contribution >= 4 is 17.5 Å². The summed E-state index contributed by atoms with van der Waals surface area (Å²) in [6, 6.07) is 0. The first kappa shape index (κ1) is 12.2. The van der Waals surface area contributed by atoms with Gasteiger partial charge in [-0.2, -0.15) is 0 Å². The number of aliphatic hydroxyl groups is 2. The molecule has 6 heteroatoms. The molecular weight excluding hydrogens is 228 g/mol. The van der Waals surface area contributed by atoms with E-state index in [1.54, 1.807) is 0 Å². The Kier molecular flexibility index (Phi) is 3.01. The Labute approximate surface area is 97.6 Å². The van der Waals surface area contributed by atoms with Crippen LogP contribution in [0.15, 0.2) is 0 Å². The van der Waals surface area contributed by atoms with Gasteiger partial charge in [0, 0.05) is 31.6 Å². The molecule has 6 nitrogen and oxygen atoms in total. The van der Waals surface area contributed by atoms with Gasteiger partial charge < -0.3 is 14.9 Å². The van der Waals surface area contributed by atoms with Gasteiger partial charge in [-0.15, -0.1) is 0 Å². The normalized spacial score (nSPS) is 39.1. The number of Topliss-reactive ketones (excluding diaryl/α,β-unsaturated/α-hetero) is 2. The van der Waals surface area contributed by atoms with Crippen LogP contribution < -0.4 is 0 Å². The maximum absolute atomic E-state index is 11.8. The molecule has 0 aromatic rings. The molecule has 0 amide bonds. The molecule has 0 radical (unpaired) electrons. The fourth-order valence-corrected chi connectivity index (χ4v) is 2.40. The Morgan fingerprint density at radius 3 is 2.47 bits per heavy atom. The predicted molar refractivity (Wildman–Crippen MR) is 53.6 cm³/mol. The van der Waals surface area contributed by atoms with Crippen LogP contribution in [0.3, 0.4) is 0 Å². The van der Waals surface area contributed by atoms with Crippen molar-refractivity contribution < 1.29 is 29.3 Å². The Hall–Kier alpha value is -1.27. The lowest BCUT2D eigenvalue weighted by molar-refractivity contribution is -0.190. The molecule has 0 aromatic carbocycles. The third-order valence-corrected chi connectivity index (χ3v) is 3.43. The van der Waals surface area contributed by atoms with Crippen molar-refractivity contribution in [1.29, 1.82) is 0 Å². The van der Waals surface area contributed by atoms with E-state index in [9.17, 15) is 24.6 Å². The van der Waals surface area contributed by atoms with Gasteiger partial charge in [0.05, 0.1) is 0 Å². The van der Waals surface area contributed by atoms with Gasteiger partial charge in [0.15, 0.2) is 5.78 Å². The zero-order valence-corrected chi connectivity index (χ0v) is 9.22. The maximum atomic E-state index is 11.8. The van der Waals surface area contributed by atoms with Gasteiger partial charge in [-0.25, -0.2) is 4.79 Å². The summed E-state index contributed by atoms with van der Waals surface area (Å²) < 4.78 is 4.58. The number of ether oxygens (including phenoxy) is 1. The van der Waals surface area contributed by atoms with Gasteiger partial charge in [0.1, 0.15) is 5.78 Å². The Balaban J connectivity index is 2.28. The summed E-state index contributed by atoms with van der Waals surface area (Å²) in [5.74, 6) is -2.60. The van der Waals surface area contributed by atoms with Crippen molar-refractivity contribution in [3.63, 3.8) is 0 Å². The highest BCUT2D eigenvalue weighted by Crippen LogP contribution is 2.36. The summed E-state index contributed by atoms with van der Waals surface area (Å²) in [6.07, 6.45) is -0.949. The molecule has 1 aliphatic heterocycles.